The first-order valence-electron chi connectivity index (χ1n) is 5.73. The molecule has 0 radical (unpaired) electrons. The molecule has 0 aliphatic heterocycles. The van der Waals surface area contributed by atoms with Gasteiger partial charge in [0.2, 0.25) is 0 Å². The lowest BCUT2D eigenvalue weighted by Gasteiger charge is -2.06. The second-order valence-electron chi connectivity index (χ2n) is 3.75. The van der Waals surface area contributed by atoms with Crippen molar-refractivity contribution in [3.63, 3.8) is 0 Å². The number of nitrogens with two attached hydrogens (primary N) is 1. The van der Waals surface area contributed by atoms with Crippen molar-refractivity contribution in [2.45, 2.75) is 37.3 Å². The second kappa shape index (κ2) is 6.70. The van der Waals surface area contributed by atoms with Crippen LogP contribution in [0.4, 0.5) is 0 Å². The molecule has 0 spiro atoms. The van der Waals surface area contributed by atoms with Crippen molar-refractivity contribution < 1.29 is 0 Å². The number of nitrogens with zero attached hydrogens (tertiary/aromatic N) is 3. The molecule has 2 rings (SSSR count). The quantitative estimate of drug-likeness (QED) is 0.815. The molecule has 0 saturated heterocycles. The van der Waals surface area contributed by atoms with Crippen LogP contribution in [0.2, 0.25) is 0 Å². The third kappa shape index (κ3) is 3.34. The predicted molar refractivity (Wildman–Crippen MR) is 79.8 cm³/mol. The van der Waals surface area contributed by atoms with Crippen LogP contribution in [-0.2, 0) is 18.8 Å². The lowest BCUT2D eigenvalue weighted by Crippen LogP contribution is -2.09. The van der Waals surface area contributed by atoms with E-state index in [0.29, 0.717) is 6.54 Å². The summed E-state index contributed by atoms with van der Waals surface area (Å²) in [5.74, 6) is 1.79. The molecule has 0 aliphatic rings. The average molecular weight is 347 g/mol. The molecule has 2 N–H and O–H groups in total. The largest absolute Gasteiger partial charge is 0.324 e. The van der Waals surface area contributed by atoms with Crippen molar-refractivity contribution in [3.05, 3.63) is 26.6 Å². The SMILES string of the molecule is CCCn1c(CN)nnc1SCc1ccc(Br)s1. The van der Waals surface area contributed by atoms with Crippen molar-refractivity contribution in [2.24, 2.45) is 5.73 Å². The minimum absolute atomic E-state index is 0.443. The van der Waals surface area contributed by atoms with Gasteiger partial charge >= 0.3 is 0 Å². The number of thioether (sulfide) groups is 1. The molecule has 0 atom stereocenters. The van der Waals surface area contributed by atoms with Crippen LogP contribution in [-0.4, -0.2) is 14.8 Å². The Bertz CT molecular complexity index is 509. The number of hydrogen-bond donors (Lipinski definition) is 1. The maximum atomic E-state index is 5.67. The molecule has 98 valence electrons. The van der Waals surface area contributed by atoms with Gasteiger partial charge in [-0.3, -0.25) is 0 Å². The highest BCUT2D eigenvalue weighted by Gasteiger charge is 2.11. The summed E-state index contributed by atoms with van der Waals surface area (Å²) in [6.07, 6.45) is 1.06. The molecule has 0 amide bonds. The summed E-state index contributed by atoms with van der Waals surface area (Å²) in [4.78, 5) is 1.33. The Morgan fingerprint density at radius 2 is 2.28 bits per heavy atom. The summed E-state index contributed by atoms with van der Waals surface area (Å²) in [7, 11) is 0. The zero-order chi connectivity index (χ0) is 13.0. The molecule has 7 heteroatoms. The third-order valence-electron chi connectivity index (χ3n) is 2.40. The van der Waals surface area contributed by atoms with E-state index in [9.17, 15) is 0 Å². The molecule has 2 heterocycles. The Balaban J connectivity index is 2.06. The molecule has 0 aliphatic carbocycles. The average Bonchev–Trinajstić information content (AvgIpc) is 2.94. The fraction of sp³-hybridized carbons (Fsp3) is 0.455. The first kappa shape index (κ1) is 14.0. The zero-order valence-corrected chi connectivity index (χ0v) is 13.3. The van der Waals surface area contributed by atoms with Gasteiger partial charge in [-0.2, -0.15) is 0 Å². The maximum absolute atomic E-state index is 5.67. The van der Waals surface area contributed by atoms with Gasteiger partial charge in [0.25, 0.3) is 0 Å². The third-order valence-corrected chi connectivity index (χ3v) is 5.22. The fourth-order valence-electron chi connectivity index (χ4n) is 1.59. The second-order valence-corrected chi connectivity index (χ2v) is 7.24. The number of aromatic nitrogens is 3. The number of hydrogen-bond acceptors (Lipinski definition) is 5. The van der Waals surface area contributed by atoms with Crippen LogP contribution in [0.5, 0.6) is 0 Å². The molecule has 0 unspecified atom stereocenters. The smallest absolute Gasteiger partial charge is 0.191 e. The minimum Gasteiger partial charge on any atom is -0.324 e. The Hall–Kier alpha value is -0.370. The van der Waals surface area contributed by atoms with Gasteiger partial charge in [0, 0.05) is 17.2 Å². The highest BCUT2D eigenvalue weighted by atomic mass is 79.9. The molecule has 0 fully saturated rings. The predicted octanol–water partition coefficient (Wildman–Crippen LogP) is 3.26. The fourth-order valence-corrected chi connectivity index (χ4v) is 4.10. The van der Waals surface area contributed by atoms with Crippen molar-refractivity contribution >= 4 is 39.0 Å². The Labute approximate surface area is 123 Å². The lowest BCUT2D eigenvalue weighted by atomic mass is 10.4. The van der Waals surface area contributed by atoms with Gasteiger partial charge in [-0.1, -0.05) is 18.7 Å². The van der Waals surface area contributed by atoms with E-state index in [0.717, 1.165) is 33.5 Å². The van der Waals surface area contributed by atoms with Crippen LogP contribution < -0.4 is 5.73 Å². The van der Waals surface area contributed by atoms with Gasteiger partial charge < -0.3 is 10.3 Å². The number of thiophene rings is 1. The number of halogens is 1. The summed E-state index contributed by atoms with van der Waals surface area (Å²) < 4.78 is 3.28. The van der Waals surface area contributed by atoms with E-state index in [1.807, 2.05) is 0 Å². The maximum Gasteiger partial charge on any atom is 0.191 e. The first-order valence-corrected chi connectivity index (χ1v) is 8.33. The Morgan fingerprint density at radius 3 is 2.89 bits per heavy atom. The molecular formula is C11H15BrN4S2. The van der Waals surface area contributed by atoms with Gasteiger partial charge in [0.1, 0.15) is 5.82 Å². The highest BCUT2D eigenvalue weighted by molar-refractivity contribution is 9.11. The van der Waals surface area contributed by atoms with Crippen molar-refractivity contribution in [1.29, 1.82) is 0 Å². The van der Waals surface area contributed by atoms with Crippen LogP contribution in [0, 0.1) is 0 Å². The minimum atomic E-state index is 0.443. The van der Waals surface area contributed by atoms with Gasteiger partial charge in [-0.25, -0.2) is 0 Å². The van der Waals surface area contributed by atoms with Gasteiger partial charge in [-0.15, -0.1) is 21.5 Å². The first-order chi connectivity index (χ1) is 8.74. The molecule has 18 heavy (non-hydrogen) atoms. The van der Waals surface area contributed by atoms with Crippen LogP contribution in [0.1, 0.15) is 24.0 Å². The summed E-state index contributed by atoms with van der Waals surface area (Å²) in [5.41, 5.74) is 5.67. The van der Waals surface area contributed by atoms with Crippen LogP contribution in [0.25, 0.3) is 0 Å². The zero-order valence-electron chi connectivity index (χ0n) is 10.1. The Kier molecular flexibility index (Phi) is 5.23. The van der Waals surface area contributed by atoms with Crippen LogP contribution >= 0.6 is 39.0 Å². The number of rotatable bonds is 6. The molecule has 0 aromatic carbocycles. The van der Waals surface area contributed by atoms with Crippen LogP contribution in [0.15, 0.2) is 21.1 Å². The molecule has 2 aromatic rings. The van der Waals surface area contributed by atoms with E-state index < -0.39 is 0 Å². The van der Waals surface area contributed by atoms with Crippen molar-refractivity contribution in [3.8, 4) is 0 Å². The van der Waals surface area contributed by atoms with E-state index in [-0.39, 0.29) is 0 Å². The van der Waals surface area contributed by atoms with Gasteiger partial charge in [0.05, 0.1) is 10.3 Å². The molecular weight excluding hydrogens is 332 g/mol. The van der Waals surface area contributed by atoms with E-state index >= 15 is 0 Å². The monoisotopic (exact) mass is 346 g/mol. The van der Waals surface area contributed by atoms with E-state index in [2.05, 4.69) is 49.8 Å². The summed E-state index contributed by atoms with van der Waals surface area (Å²) >= 11 is 6.94. The van der Waals surface area contributed by atoms with E-state index in [1.165, 1.54) is 4.88 Å². The van der Waals surface area contributed by atoms with Gasteiger partial charge in [-0.05, 0) is 34.5 Å². The summed E-state index contributed by atoms with van der Waals surface area (Å²) in [6.45, 7) is 3.51. The van der Waals surface area contributed by atoms with Crippen LogP contribution in [0.3, 0.4) is 0 Å². The standard InChI is InChI=1S/C11H15BrN4S2/c1-2-5-16-10(6-13)14-15-11(16)17-7-8-3-4-9(12)18-8/h3-4H,2,5-7,13H2,1H3. The summed E-state index contributed by atoms with van der Waals surface area (Å²) in [6, 6.07) is 4.20. The topological polar surface area (TPSA) is 56.7 Å². The van der Waals surface area contributed by atoms with Gasteiger partial charge in [0.15, 0.2) is 5.16 Å². The van der Waals surface area contributed by atoms with E-state index in [4.69, 9.17) is 5.73 Å². The Morgan fingerprint density at radius 1 is 1.44 bits per heavy atom. The highest BCUT2D eigenvalue weighted by Crippen LogP contribution is 2.28. The normalized spacial score (nSPS) is 11.1. The van der Waals surface area contributed by atoms with Crippen molar-refractivity contribution in [2.75, 3.05) is 0 Å². The summed E-state index contributed by atoms with van der Waals surface area (Å²) in [5, 5.41) is 9.31. The molecule has 0 saturated carbocycles. The lowest BCUT2D eigenvalue weighted by molar-refractivity contribution is 0.592. The van der Waals surface area contributed by atoms with E-state index in [1.54, 1.807) is 23.1 Å². The molecule has 0 bridgehead atoms. The van der Waals surface area contributed by atoms with Crippen molar-refractivity contribution in [1.82, 2.24) is 14.8 Å². The molecule has 4 nitrogen and oxygen atoms in total. The molecule has 2 aromatic heterocycles.